The molecule has 0 unspecified atom stereocenters. The predicted octanol–water partition coefficient (Wildman–Crippen LogP) is 5.67. The molecular formula is C42H70N6O5. The Kier molecular flexibility index (Phi) is 19.3. The first-order chi connectivity index (χ1) is 25.8. The molecule has 4 N–H and O–H groups in total. The largest absolute Gasteiger partial charge is 0.391 e. The van der Waals surface area contributed by atoms with Crippen LogP contribution in [-0.4, -0.2) is 95.4 Å². The number of piperidine rings is 1. The molecule has 1 saturated carbocycles. The number of imidazole rings is 1. The average Bonchev–Trinajstić information content (AvgIpc) is 3.70. The number of aromatic nitrogens is 2. The molecule has 1 saturated heterocycles. The summed E-state index contributed by atoms with van der Waals surface area (Å²) in [5.41, 5.74) is 1.22. The summed E-state index contributed by atoms with van der Waals surface area (Å²) < 4.78 is 13.0. The van der Waals surface area contributed by atoms with Gasteiger partial charge in [0.1, 0.15) is 6.79 Å². The van der Waals surface area contributed by atoms with Crippen molar-refractivity contribution >= 4 is 11.8 Å². The van der Waals surface area contributed by atoms with Gasteiger partial charge in [0.15, 0.2) is 0 Å². The molecule has 2 fully saturated rings. The molecule has 11 heteroatoms. The zero-order valence-electron chi connectivity index (χ0n) is 33.1. The van der Waals surface area contributed by atoms with Crippen LogP contribution in [0.2, 0.25) is 0 Å². The molecule has 2 amide bonds. The molecule has 1 aliphatic heterocycles. The molecule has 11 nitrogen and oxygen atoms in total. The zero-order valence-corrected chi connectivity index (χ0v) is 33.1. The van der Waals surface area contributed by atoms with Gasteiger partial charge in [-0.1, -0.05) is 96.0 Å². The van der Waals surface area contributed by atoms with Crippen LogP contribution in [0.5, 0.6) is 0 Å². The van der Waals surface area contributed by atoms with Crippen LogP contribution >= 0.6 is 0 Å². The fourth-order valence-electron chi connectivity index (χ4n) is 8.09. The lowest BCUT2D eigenvalue weighted by Gasteiger charge is -2.40. The number of aliphatic hydroxyl groups excluding tert-OH is 1. The van der Waals surface area contributed by atoms with E-state index in [1.807, 2.05) is 30.7 Å². The van der Waals surface area contributed by atoms with Gasteiger partial charge < -0.3 is 29.8 Å². The average molecular weight is 739 g/mol. The fraction of sp³-hybridized carbons (Fsp3) is 0.738. The molecule has 0 bridgehead atoms. The number of amides is 2. The van der Waals surface area contributed by atoms with E-state index in [0.29, 0.717) is 32.1 Å². The number of hydrogen-bond donors (Lipinski definition) is 4. The summed E-state index contributed by atoms with van der Waals surface area (Å²) in [5, 5.41) is 22.3. The van der Waals surface area contributed by atoms with Crippen molar-refractivity contribution in [2.45, 2.75) is 148 Å². The number of nitrogens with zero attached hydrogens (tertiary/aromatic N) is 3. The number of aliphatic hydroxyl groups is 1. The molecule has 1 aromatic carbocycles. The van der Waals surface area contributed by atoms with Crippen LogP contribution in [0.15, 0.2) is 49.1 Å². The number of hydrogen-bond acceptors (Lipinski definition) is 8. The van der Waals surface area contributed by atoms with Gasteiger partial charge in [-0.15, -0.1) is 0 Å². The topological polar surface area (TPSA) is 130 Å². The minimum atomic E-state index is -0.831. The number of likely N-dealkylation sites (tertiary alicyclic amines) is 1. The van der Waals surface area contributed by atoms with Crippen LogP contribution in [0.1, 0.15) is 110 Å². The summed E-state index contributed by atoms with van der Waals surface area (Å²) in [6.07, 6.45) is 17.7. The minimum Gasteiger partial charge on any atom is -0.391 e. The third-order valence-electron chi connectivity index (χ3n) is 11.4. The maximum Gasteiger partial charge on any atom is 0.237 e. The number of ether oxygens (including phenoxy) is 2. The Labute approximate surface area is 319 Å². The van der Waals surface area contributed by atoms with Crippen LogP contribution in [0.4, 0.5) is 0 Å². The van der Waals surface area contributed by atoms with Gasteiger partial charge in [-0.05, 0) is 55.9 Å². The highest BCUT2D eigenvalue weighted by Gasteiger charge is 2.35. The van der Waals surface area contributed by atoms with Gasteiger partial charge in [0.05, 0.1) is 36.8 Å². The highest BCUT2D eigenvalue weighted by Crippen LogP contribution is 2.30. The molecule has 1 aliphatic carbocycles. The Bertz CT molecular complexity index is 1270. The van der Waals surface area contributed by atoms with Crippen molar-refractivity contribution in [3.63, 3.8) is 0 Å². The quantitative estimate of drug-likeness (QED) is 0.0802. The monoisotopic (exact) mass is 739 g/mol. The van der Waals surface area contributed by atoms with Crippen molar-refractivity contribution in [3.8, 4) is 0 Å². The maximum absolute atomic E-state index is 14.4. The molecular weight excluding hydrogens is 668 g/mol. The van der Waals surface area contributed by atoms with Crippen LogP contribution in [0, 0.1) is 17.8 Å². The number of benzene rings is 1. The molecule has 0 radical (unpaired) electrons. The van der Waals surface area contributed by atoms with Crippen molar-refractivity contribution in [2.24, 2.45) is 17.8 Å². The second-order valence-corrected chi connectivity index (χ2v) is 15.8. The van der Waals surface area contributed by atoms with E-state index in [1.165, 1.54) is 24.8 Å². The SMILES string of the molecule is CCCC[C@H](N[C@H](Cc1ccccc1)N1CCC(OCOC)CC1)C(=O)N[C@@H](CC1CCCCC1)[C@@H](O)C[C@H](C(=O)NCCCn1ccnc1)C(C)C. The summed E-state index contributed by atoms with van der Waals surface area (Å²) in [7, 11) is 1.65. The number of methoxy groups -OCH3 is 1. The van der Waals surface area contributed by atoms with Crippen molar-refractivity contribution in [1.29, 1.82) is 0 Å². The van der Waals surface area contributed by atoms with Crippen molar-refractivity contribution < 1.29 is 24.2 Å². The molecule has 298 valence electrons. The first-order valence-corrected chi connectivity index (χ1v) is 20.6. The highest BCUT2D eigenvalue weighted by atomic mass is 16.7. The van der Waals surface area contributed by atoms with Gasteiger partial charge in [0.2, 0.25) is 11.8 Å². The van der Waals surface area contributed by atoms with Gasteiger partial charge in [-0.25, -0.2) is 4.98 Å². The standard InChI is InChI=1S/C42H70N6O5/c1-5-6-18-37(45-40(28-34-16-11-8-12-17-34)48-24-19-35(20-25-48)53-31-52-4)42(51)46-38(27-33-14-9-7-10-15-33)39(49)29-36(32(2)3)41(50)44-21-13-23-47-26-22-43-30-47/h8,11-12,16-17,22,26,30,32-33,35-40,45,49H,5-7,9-10,13-15,18-21,23-25,27-29,31H2,1-4H3,(H,44,50)(H,46,51)/t36-,37-,38-,39-,40-/m0/s1. The molecule has 53 heavy (non-hydrogen) atoms. The van der Waals surface area contributed by atoms with Crippen LogP contribution < -0.4 is 16.0 Å². The van der Waals surface area contributed by atoms with Gasteiger partial charge in [0.25, 0.3) is 0 Å². The number of aryl methyl sites for hydroxylation is 1. The van der Waals surface area contributed by atoms with E-state index < -0.39 is 18.2 Å². The minimum absolute atomic E-state index is 0.0297. The van der Waals surface area contributed by atoms with E-state index in [2.05, 4.69) is 57.0 Å². The van der Waals surface area contributed by atoms with E-state index in [4.69, 9.17) is 9.47 Å². The van der Waals surface area contributed by atoms with Gasteiger partial charge >= 0.3 is 0 Å². The van der Waals surface area contributed by atoms with E-state index in [-0.39, 0.29) is 35.9 Å². The zero-order chi connectivity index (χ0) is 37.8. The number of unbranched alkanes of at least 4 members (excludes halogenated alkanes) is 1. The Morgan fingerprint density at radius 2 is 1.77 bits per heavy atom. The Balaban J connectivity index is 1.46. The molecule has 1 aromatic heterocycles. The van der Waals surface area contributed by atoms with Crippen LogP contribution in [0.25, 0.3) is 0 Å². The van der Waals surface area contributed by atoms with Crippen LogP contribution in [0.3, 0.4) is 0 Å². The van der Waals surface area contributed by atoms with E-state index >= 15 is 0 Å². The molecule has 5 atom stereocenters. The normalized spacial score (nSPS) is 19.1. The van der Waals surface area contributed by atoms with E-state index in [0.717, 1.165) is 77.4 Å². The third-order valence-corrected chi connectivity index (χ3v) is 11.4. The maximum atomic E-state index is 14.4. The number of carbonyl (C=O) groups excluding carboxylic acids is 2. The lowest BCUT2D eigenvalue weighted by Crippen LogP contribution is -2.59. The Morgan fingerprint density at radius 3 is 2.43 bits per heavy atom. The summed E-state index contributed by atoms with van der Waals surface area (Å²) in [4.78, 5) is 34.5. The van der Waals surface area contributed by atoms with E-state index in [1.54, 1.807) is 19.6 Å². The van der Waals surface area contributed by atoms with Gasteiger partial charge in [-0.3, -0.25) is 19.8 Å². The highest BCUT2D eigenvalue weighted by molar-refractivity contribution is 5.82. The fourth-order valence-corrected chi connectivity index (χ4v) is 8.09. The van der Waals surface area contributed by atoms with Gasteiger partial charge in [0, 0.05) is 58.0 Å². The summed E-state index contributed by atoms with van der Waals surface area (Å²) >= 11 is 0. The molecule has 2 aromatic rings. The second-order valence-electron chi connectivity index (χ2n) is 15.8. The Hall–Kier alpha value is -2.83. The number of rotatable bonds is 24. The second kappa shape index (κ2) is 23.8. The first kappa shape index (κ1) is 42.9. The van der Waals surface area contributed by atoms with Crippen molar-refractivity contribution in [2.75, 3.05) is 33.5 Å². The number of nitrogens with one attached hydrogen (secondary N) is 3. The van der Waals surface area contributed by atoms with Gasteiger partial charge in [-0.2, -0.15) is 0 Å². The van der Waals surface area contributed by atoms with Crippen LogP contribution in [-0.2, 0) is 32.0 Å². The molecule has 2 heterocycles. The lowest BCUT2D eigenvalue weighted by atomic mass is 9.81. The lowest BCUT2D eigenvalue weighted by molar-refractivity contribution is -0.128. The molecule has 2 aliphatic rings. The smallest absolute Gasteiger partial charge is 0.237 e. The summed E-state index contributed by atoms with van der Waals surface area (Å²) in [6.45, 7) is 9.63. The predicted molar refractivity (Wildman–Crippen MR) is 210 cm³/mol. The molecule has 4 rings (SSSR count). The Morgan fingerprint density at radius 1 is 1.02 bits per heavy atom. The third kappa shape index (κ3) is 15.1. The van der Waals surface area contributed by atoms with Crippen molar-refractivity contribution in [3.05, 3.63) is 54.6 Å². The number of carbonyl (C=O) groups is 2. The molecule has 0 spiro atoms. The van der Waals surface area contributed by atoms with Crippen molar-refractivity contribution in [1.82, 2.24) is 30.4 Å². The first-order valence-electron chi connectivity index (χ1n) is 20.6. The summed E-state index contributed by atoms with van der Waals surface area (Å²) in [5.74, 6) is 0.0534. The van der Waals surface area contributed by atoms with E-state index in [9.17, 15) is 14.7 Å². The summed E-state index contributed by atoms with van der Waals surface area (Å²) in [6, 6.07) is 9.66.